The van der Waals surface area contributed by atoms with Gasteiger partial charge in [-0.15, -0.1) is 10.2 Å². The molecule has 0 saturated carbocycles. The predicted molar refractivity (Wildman–Crippen MR) is 70.6 cm³/mol. The highest BCUT2D eigenvalue weighted by molar-refractivity contribution is 5.05. The third-order valence-corrected chi connectivity index (χ3v) is 2.95. The zero-order valence-electron chi connectivity index (χ0n) is 11.6. The molecule has 0 aliphatic heterocycles. The second-order valence-corrected chi connectivity index (χ2v) is 4.49. The number of aromatic nitrogens is 3. The van der Waals surface area contributed by atoms with Crippen molar-refractivity contribution in [2.75, 3.05) is 13.7 Å². The highest BCUT2D eigenvalue weighted by Gasteiger charge is 2.13. The molecular formula is C13H20N4O2. The maximum atomic E-state index is 5.52. The third-order valence-electron chi connectivity index (χ3n) is 2.95. The number of nitrogens with one attached hydrogen (secondary N) is 1. The highest BCUT2D eigenvalue weighted by atomic mass is 16.5. The highest BCUT2D eigenvalue weighted by Crippen LogP contribution is 2.11. The second-order valence-electron chi connectivity index (χ2n) is 4.49. The lowest BCUT2D eigenvalue weighted by molar-refractivity contribution is 0.185. The first-order chi connectivity index (χ1) is 9.20. The summed E-state index contributed by atoms with van der Waals surface area (Å²) in [5.41, 5.74) is 0. The fourth-order valence-corrected chi connectivity index (χ4v) is 1.89. The fraction of sp³-hybridized carbons (Fsp3) is 0.538. The number of methoxy groups -OCH3 is 1. The van der Waals surface area contributed by atoms with Gasteiger partial charge in [0.05, 0.1) is 19.2 Å². The summed E-state index contributed by atoms with van der Waals surface area (Å²) in [5.74, 6) is 2.75. The number of rotatable bonds is 7. The lowest BCUT2D eigenvalue weighted by Gasteiger charge is -2.13. The van der Waals surface area contributed by atoms with Gasteiger partial charge in [0.25, 0.3) is 0 Å². The van der Waals surface area contributed by atoms with Crippen LogP contribution >= 0.6 is 0 Å². The molecule has 1 unspecified atom stereocenters. The van der Waals surface area contributed by atoms with E-state index in [0.29, 0.717) is 13.2 Å². The zero-order chi connectivity index (χ0) is 13.7. The summed E-state index contributed by atoms with van der Waals surface area (Å²) in [5, 5.41) is 11.5. The molecule has 0 fully saturated rings. The van der Waals surface area contributed by atoms with Gasteiger partial charge in [0, 0.05) is 13.7 Å². The Bertz CT molecular complexity index is 506. The van der Waals surface area contributed by atoms with Crippen molar-refractivity contribution in [3.63, 3.8) is 0 Å². The SMILES string of the molecule is COCCn1cnnc1C(C)NCc1ccc(C)o1. The molecule has 0 aliphatic carbocycles. The molecule has 0 radical (unpaired) electrons. The van der Waals surface area contributed by atoms with Crippen LogP contribution in [-0.2, 0) is 17.8 Å². The lowest BCUT2D eigenvalue weighted by Crippen LogP contribution is -2.22. The minimum atomic E-state index is 0.102. The molecule has 2 aromatic rings. The van der Waals surface area contributed by atoms with Gasteiger partial charge in [0.2, 0.25) is 0 Å². The first-order valence-electron chi connectivity index (χ1n) is 6.36. The molecule has 0 amide bonds. The summed E-state index contributed by atoms with van der Waals surface area (Å²) in [4.78, 5) is 0. The Morgan fingerprint density at radius 2 is 2.32 bits per heavy atom. The summed E-state index contributed by atoms with van der Waals surface area (Å²) < 4.78 is 12.6. The summed E-state index contributed by atoms with van der Waals surface area (Å²) in [7, 11) is 1.69. The number of hydrogen-bond donors (Lipinski definition) is 1. The molecule has 0 aliphatic rings. The molecule has 1 atom stereocenters. The Balaban J connectivity index is 1.92. The van der Waals surface area contributed by atoms with E-state index in [1.807, 2.05) is 23.6 Å². The van der Waals surface area contributed by atoms with E-state index in [0.717, 1.165) is 23.9 Å². The second kappa shape index (κ2) is 6.49. The van der Waals surface area contributed by atoms with Gasteiger partial charge in [0.1, 0.15) is 23.7 Å². The number of aryl methyl sites for hydroxylation is 1. The third kappa shape index (κ3) is 3.65. The van der Waals surface area contributed by atoms with Gasteiger partial charge in [-0.2, -0.15) is 0 Å². The molecule has 6 nitrogen and oxygen atoms in total. The molecule has 0 bridgehead atoms. The lowest BCUT2D eigenvalue weighted by atomic mass is 10.3. The van der Waals surface area contributed by atoms with Crippen molar-refractivity contribution in [1.82, 2.24) is 20.1 Å². The van der Waals surface area contributed by atoms with Crippen LogP contribution in [-0.4, -0.2) is 28.5 Å². The van der Waals surface area contributed by atoms with E-state index in [4.69, 9.17) is 9.15 Å². The topological polar surface area (TPSA) is 65.1 Å². The molecule has 1 N–H and O–H groups in total. The molecule has 2 rings (SSSR count). The summed E-state index contributed by atoms with van der Waals surface area (Å²) in [6.45, 7) is 6.07. The van der Waals surface area contributed by atoms with E-state index in [2.05, 4.69) is 22.4 Å². The first-order valence-corrected chi connectivity index (χ1v) is 6.36. The van der Waals surface area contributed by atoms with Gasteiger partial charge < -0.3 is 19.0 Å². The van der Waals surface area contributed by atoms with Crippen molar-refractivity contribution in [2.45, 2.75) is 33.0 Å². The smallest absolute Gasteiger partial charge is 0.149 e. The van der Waals surface area contributed by atoms with Crippen LogP contribution in [0.1, 0.15) is 30.3 Å². The average molecular weight is 264 g/mol. The van der Waals surface area contributed by atoms with Gasteiger partial charge >= 0.3 is 0 Å². The Hall–Kier alpha value is -1.66. The molecule has 19 heavy (non-hydrogen) atoms. The number of ether oxygens (including phenoxy) is 1. The Morgan fingerprint density at radius 1 is 1.47 bits per heavy atom. The van der Waals surface area contributed by atoms with Crippen molar-refractivity contribution >= 4 is 0 Å². The molecule has 104 valence electrons. The summed E-state index contributed by atoms with van der Waals surface area (Å²) >= 11 is 0. The van der Waals surface area contributed by atoms with Crippen LogP contribution in [0.25, 0.3) is 0 Å². The number of nitrogens with zero attached hydrogens (tertiary/aromatic N) is 3. The Labute approximate surface area is 112 Å². The number of hydrogen-bond acceptors (Lipinski definition) is 5. The van der Waals surface area contributed by atoms with Gasteiger partial charge in [-0.25, -0.2) is 0 Å². The fourth-order valence-electron chi connectivity index (χ4n) is 1.89. The largest absolute Gasteiger partial charge is 0.465 e. The van der Waals surface area contributed by atoms with Crippen molar-refractivity contribution in [3.05, 3.63) is 35.8 Å². The van der Waals surface area contributed by atoms with Crippen LogP contribution < -0.4 is 5.32 Å². The predicted octanol–water partition coefficient (Wildman–Crippen LogP) is 1.68. The zero-order valence-corrected chi connectivity index (χ0v) is 11.6. The summed E-state index contributed by atoms with van der Waals surface area (Å²) in [6, 6.07) is 4.04. The van der Waals surface area contributed by atoms with Gasteiger partial charge in [0.15, 0.2) is 0 Å². The average Bonchev–Trinajstić information content (AvgIpc) is 3.02. The van der Waals surface area contributed by atoms with Crippen LogP contribution in [0.5, 0.6) is 0 Å². The van der Waals surface area contributed by atoms with Crippen LogP contribution in [0.15, 0.2) is 22.9 Å². The minimum absolute atomic E-state index is 0.102. The van der Waals surface area contributed by atoms with E-state index in [1.54, 1.807) is 13.4 Å². The van der Waals surface area contributed by atoms with E-state index < -0.39 is 0 Å². The van der Waals surface area contributed by atoms with Crippen molar-refractivity contribution < 1.29 is 9.15 Å². The van der Waals surface area contributed by atoms with E-state index in [1.165, 1.54) is 0 Å². The van der Waals surface area contributed by atoms with E-state index in [-0.39, 0.29) is 6.04 Å². The molecule has 0 aromatic carbocycles. The van der Waals surface area contributed by atoms with Crippen molar-refractivity contribution in [3.8, 4) is 0 Å². The first kappa shape index (κ1) is 13.8. The van der Waals surface area contributed by atoms with Crippen LogP contribution in [0.4, 0.5) is 0 Å². The van der Waals surface area contributed by atoms with Crippen molar-refractivity contribution in [1.29, 1.82) is 0 Å². The van der Waals surface area contributed by atoms with Crippen molar-refractivity contribution in [2.24, 2.45) is 0 Å². The molecule has 2 aromatic heterocycles. The van der Waals surface area contributed by atoms with E-state index >= 15 is 0 Å². The molecule has 6 heteroatoms. The Kier molecular flexibility index (Phi) is 4.70. The standard InChI is InChI=1S/C13H20N4O2/c1-10-4-5-12(19-10)8-14-11(2)13-16-15-9-17(13)6-7-18-3/h4-5,9,11,14H,6-8H2,1-3H3. The van der Waals surface area contributed by atoms with Crippen LogP contribution in [0.2, 0.25) is 0 Å². The minimum Gasteiger partial charge on any atom is -0.465 e. The number of furan rings is 1. The maximum absolute atomic E-state index is 5.52. The van der Waals surface area contributed by atoms with Crippen LogP contribution in [0, 0.1) is 6.92 Å². The quantitative estimate of drug-likeness (QED) is 0.824. The molecule has 0 saturated heterocycles. The van der Waals surface area contributed by atoms with Gasteiger partial charge in [-0.3, -0.25) is 0 Å². The molecule has 2 heterocycles. The molecular weight excluding hydrogens is 244 g/mol. The Morgan fingerprint density at radius 3 is 3.00 bits per heavy atom. The van der Waals surface area contributed by atoms with E-state index in [9.17, 15) is 0 Å². The summed E-state index contributed by atoms with van der Waals surface area (Å²) in [6.07, 6.45) is 1.73. The monoisotopic (exact) mass is 264 g/mol. The van der Waals surface area contributed by atoms with Gasteiger partial charge in [-0.05, 0) is 26.0 Å². The molecule has 0 spiro atoms. The van der Waals surface area contributed by atoms with Gasteiger partial charge in [-0.1, -0.05) is 0 Å². The maximum Gasteiger partial charge on any atom is 0.149 e. The van der Waals surface area contributed by atoms with Crippen LogP contribution in [0.3, 0.4) is 0 Å². The normalized spacial score (nSPS) is 12.8.